The van der Waals surface area contributed by atoms with E-state index in [9.17, 15) is 9.59 Å². The van der Waals surface area contributed by atoms with Crippen LogP contribution in [-0.4, -0.2) is 16.9 Å². The maximum absolute atomic E-state index is 11.2. The Morgan fingerprint density at radius 1 is 1.44 bits per heavy atom. The molecule has 0 spiro atoms. The first-order valence-electron chi connectivity index (χ1n) is 4.87. The van der Waals surface area contributed by atoms with Crippen LogP contribution >= 0.6 is 15.9 Å². The number of hydrogen-bond donors (Lipinski definition) is 1. The van der Waals surface area contributed by atoms with Crippen molar-refractivity contribution >= 4 is 27.7 Å². The lowest BCUT2D eigenvalue weighted by molar-refractivity contribution is -0.136. The highest BCUT2D eigenvalue weighted by atomic mass is 79.9. The van der Waals surface area contributed by atoms with Gasteiger partial charge in [0.1, 0.15) is 5.78 Å². The van der Waals surface area contributed by atoms with E-state index in [1.807, 2.05) is 13.0 Å². The SMILES string of the molecule is CC(=O)C(Br)c1ccc(CC(=O)O)c(C)c1. The van der Waals surface area contributed by atoms with E-state index in [1.165, 1.54) is 6.92 Å². The lowest BCUT2D eigenvalue weighted by atomic mass is 10.0. The Morgan fingerprint density at radius 2 is 2.06 bits per heavy atom. The number of rotatable bonds is 4. The molecule has 0 fully saturated rings. The molecule has 0 saturated carbocycles. The predicted molar refractivity (Wildman–Crippen MR) is 64.9 cm³/mol. The molecule has 0 amide bonds. The molecule has 1 N–H and O–H groups in total. The van der Waals surface area contributed by atoms with Gasteiger partial charge < -0.3 is 5.11 Å². The number of hydrogen-bond acceptors (Lipinski definition) is 2. The lowest BCUT2D eigenvalue weighted by Gasteiger charge is -2.09. The third-order valence-corrected chi connectivity index (χ3v) is 3.53. The molecular formula is C12H13BrO3. The van der Waals surface area contributed by atoms with Crippen LogP contribution in [0.5, 0.6) is 0 Å². The minimum Gasteiger partial charge on any atom is -0.481 e. The minimum atomic E-state index is -0.849. The van der Waals surface area contributed by atoms with Gasteiger partial charge in [0.2, 0.25) is 0 Å². The van der Waals surface area contributed by atoms with Crippen LogP contribution < -0.4 is 0 Å². The molecule has 0 aliphatic heterocycles. The van der Waals surface area contributed by atoms with Crippen molar-refractivity contribution in [3.63, 3.8) is 0 Å². The summed E-state index contributed by atoms with van der Waals surface area (Å²) in [6.07, 6.45) is 0.0130. The Labute approximate surface area is 103 Å². The van der Waals surface area contributed by atoms with Gasteiger partial charge in [-0.05, 0) is 30.5 Å². The van der Waals surface area contributed by atoms with E-state index in [1.54, 1.807) is 12.1 Å². The second-order valence-corrected chi connectivity index (χ2v) is 4.65. The van der Waals surface area contributed by atoms with Crippen molar-refractivity contribution in [2.45, 2.75) is 25.1 Å². The van der Waals surface area contributed by atoms with Gasteiger partial charge in [0.15, 0.2) is 0 Å². The Kier molecular flexibility index (Phi) is 4.24. The van der Waals surface area contributed by atoms with E-state index in [-0.39, 0.29) is 17.0 Å². The van der Waals surface area contributed by atoms with Gasteiger partial charge in [0.05, 0.1) is 11.2 Å². The molecule has 0 aliphatic rings. The summed E-state index contributed by atoms with van der Waals surface area (Å²) in [7, 11) is 0. The van der Waals surface area contributed by atoms with E-state index >= 15 is 0 Å². The van der Waals surface area contributed by atoms with E-state index in [4.69, 9.17) is 5.11 Å². The average molecular weight is 285 g/mol. The molecule has 16 heavy (non-hydrogen) atoms. The monoisotopic (exact) mass is 284 g/mol. The van der Waals surface area contributed by atoms with E-state index in [0.29, 0.717) is 0 Å². The molecule has 86 valence electrons. The lowest BCUT2D eigenvalue weighted by Crippen LogP contribution is -2.05. The second-order valence-electron chi connectivity index (χ2n) is 3.73. The summed E-state index contributed by atoms with van der Waals surface area (Å²) >= 11 is 3.29. The topological polar surface area (TPSA) is 54.4 Å². The summed E-state index contributed by atoms with van der Waals surface area (Å²) < 4.78 is 0. The number of carbonyl (C=O) groups excluding carboxylic acids is 1. The standard InChI is InChI=1S/C12H13BrO3/c1-7-5-10(12(13)8(2)14)4-3-9(7)6-11(15)16/h3-5,12H,6H2,1-2H3,(H,15,16). The number of carboxylic acids is 1. The number of halogens is 1. The number of aliphatic carboxylic acids is 1. The van der Waals surface area contributed by atoms with Crippen LogP contribution in [0.15, 0.2) is 18.2 Å². The number of ketones is 1. The van der Waals surface area contributed by atoms with Gasteiger partial charge in [-0.15, -0.1) is 0 Å². The van der Waals surface area contributed by atoms with Gasteiger partial charge in [-0.25, -0.2) is 0 Å². The number of benzene rings is 1. The molecular weight excluding hydrogens is 272 g/mol. The van der Waals surface area contributed by atoms with Gasteiger partial charge in [0.25, 0.3) is 0 Å². The van der Waals surface area contributed by atoms with E-state index in [2.05, 4.69) is 15.9 Å². The molecule has 0 heterocycles. The molecule has 0 bridgehead atoms. The smallest absolute Gasteiger partial charge is 0.307 e. The van der Waals surface area contributed by atoms with Crippen LogP contribution in [0.3, 0.4) is 0 Å². The van der Waals surface area contributed by atoms with E-state index < -0.39 is 5.97 Å². The Bertz CT molecular complexity index is 426. The van der Waals surface area contributed by atoms with Crippen LogP contribution in [-0.2, 0) is 16.0 Å². The fourth-order valence-electron chi connectivity index (χ4n) is 1.47. The predicted octanol–water partition coefficient (Wildman–Crippen LogP) is 2.65. The van der Waals surface area contributed by atoms with Crippen molar-refractivity contribution < 1.29 is 14.7 Å². The quantitative estimate of drug-likeness (QED) is 0.865. The van der Waals surface area contributed by atoms with Crippen molar-refractivity contribution in [3.8, 4) is 0 Å². The molecule has 3 nitrogen and oxygen atoms in total. The molecule has 0 aliphatic carbocycles. The second kappa shape index (κ2) is 5.25. The molecule has 1 rings (SSSR count). The zero-order valence-corrected chi connectivity index (χ0v) is 10.7. The molecule has 0 aromatic heterocycles. The summed E-state index contributed by atoms with van der Waals surface area (Å²) in [4.78, 5) is 21.4. The fraction of sp³-hybridized carbons (Fsp3) is 0.333. The number of carboxylic acid groups (broad SMARTS) is 1. The van der Waals surface area contributed by atoms with Crippen molar-refractivity contribution in [1.29, 1.82) is 0 Å². The molecule has 1 atom stereocenters. The van der Waals surface area contributed by atoms with Crippen molar-refractivity contribution in [2.24, 2.45) is 0 Å². The van der Waals surface area contributed by atoms with Gasteiger partial charge >= 0.3 is 5.97 Å². The van der Waals surface area contributed by atoms with Crippen molar-refractivity contribution in [2.75, 3.05) is 0 Å². The first-order chi connectivity index (χ1) is 7.41. The molecule has 0 saturated heterocycles. The van der Waals surface area contributed by atoms with Crippen LogP contribution in [0.25, 0.3) is 0 Å². The summed E-state index contributed by atoms with van der Waals surface area (Å²) in [5, 5.41) is 8.69. The van der Waals surface area contributed by atoms with Gasteiger partial charge in [-0.3, -0.25) is 9.59 Å². The largest absolute Gasteiger partial charge is 0.481 e. The number of alkyl halides is 1. The van der Waals surface area contributed by atoms with Crippen molar-refractivity contribution in [1.82, 2.24) is 0 Å². The Hall–Kier alpha value is -1.16. The maximum atomic E-state index is 11.2. The molecule has 1 unspecified atom stereocenters. The van der Waals surface area contributed by atoms with Gasteiger partial charge in [-0.1, -0.05) is 34.1 Å². The van der Waals surface area contributed by atoms with Gasteiger partial charge in [-0.2, -0.15) is 0 Å². The number of Topliss-reactive ketones (excluding diaryl/α,β-unsaturated/α-hetero) is 1. The molecule has 1 aromatic carbocycles. The van der Waals surface area contributed by atoms with Crippen LogP contribution in [0.4, 0.5) is 0 Å². The highest BCUT2D eigenvalue weighted by Gasteiger charge is 2.13. The first kappa shape index (κ1) is 12.9. The fourth-order valence-corrected chi connectivity index (χ4v) is 1.76. The summed E-state index contributed by atoms with van der Waals surface area (Å²) in [5.41, 5.74) is 2.53. The summed E-state index contributed by atoms with van der Waals surface area (Å²) in [5.74, 6) is -0.816. The third-order valence-electron chi connectivity index (χ3n) is 2.36. The Balaban J connectivity index is 2.99. The van der Waals surface area contributed by atoms with Crippen molar-refractivity contribution in [3.05, 3.63) is 34.9 Å². The third kappa shape index (κ3) is 3.17. The van der Waals surface area contributed by atoms with Gasteiger partial charge in [0, 0.05) is 0 Å². The average Bonchev–Trinajstić information content (AvgIpc) is 2.19. The highest BCUT2D eigenvalue weighted by Crippen LogP contribution is 2.25. The zero-order chi connectivity index (χ0) is 12.3. The summed E-state index contributed by atoms with van der Waals surface area (Å²) in [6, 6.07) is 5.39. The molecule has 4 heteroatoms. The van der Waals surface area contributed by atoms with Crippen LogP contribution in [0.1, 0.15) is 28.4 Å². The molecule has 1 aromatic rings. The number of carbonyl (C=O) groups is 2. The number of aryl methyl sites for hydroxylation is 1. The van der Waals surface area contributed by atoms with Crippen LogP contribution in [0, 0.1) is 6.92 Å². The molecule has 0 radical (unpaired) electrons. The zero-order valence-electron chi connectivity index (χ0n) is 9.16. The van der Waals surface area contributed by atoms with E-state index in [0.717, 1.165) is 16.7 Å². The normalized spacial score (nSPS) is 12.2. The first-order valence-corrected chi connectivity index (χ1v) is 5.79. The highest BCUT2D eigenvalue weighted by molar-refractivity contribution is 9.09. The maximum Gasteiger partial charge on any atom is 0.307 e. The summed E-state index contributed by atoms with van der Waals surface area (Å²) in [6.45, 7) is 3.36. The Morgan fingerprint density at radius 3 is 2.50 bits per heavy atom. The van der Waals surface area contributed by atoms with Crippen LogP contribution in [0.2, 0.25) is 0 Å². The minimum absolute atomic E-state index is 0.0130.